The van der Waals surface area contributed by atoms with Crippen molar-refractivity contribution in [2.75, 3.05) is 31.7 Å². The van der Waals surface area contributed by atoms with E-state index in [9.17, 15) is 14.4 Å². The van der Waals surface area contributed by atoms with E-state index in [1.54, 1.807) is 17.0 Å². The minimum atomic E-state index is -1.56. The summed E-state index contributed by atoms with van der Waals surface area (Å²) in [6, 6.07) is 12.6. The SMILES string of the molecule is CCN1C(=O)C2(c3ccccc31)c1c(oc3ccc(C)cc3c1=O)C(=O)N2CCOC. The predicted molar refractivity (Wildman–Crippen MR) is 115 cm³/mol. The quantitative estimate of drug-likeness (QED) is 0.651. The summed E-state index contributed by atoms with van der Waals surface area (Å²) < 4.78 is 11.2. The number of hydrogen-bond acceptors (Lipinski definition) is 5. The standard InChI is InChI=1S/C24H22N2O5/c1-4-25-17-8-6-5-7-16(17)24(23(25)29)19-20(27)15-13-14(2)9-10-18(15)31-21(19)22(28)26(24)11-12-30-3/h5-10,13H,4,11-12H2,1-3H3. The van der Waals surface area contributed by atoms with Gasteiger partial charge in [0.25, 0.3) is 11.8 Å². The summed E-state index contributed by atoms with van der Waals surface area (Å²) >= 11 is 0. The molecule has 31 heavy (non-hydrogen) atoms. The molecule has 0 radical (unpaired) electrons. The molecule has 0 bridgehead atoms. The van der Waals surface area contributed by atoms with Crippen LogP contribution in [0, 0.1) is 6.92 Å². The fourth-order valence-electron chi connectivity index (χ4n) is 4.90. The van der Waals surface area contributed by atoms with Gasteiger partial charge in [-0.25, -0.2) is 0 Å². The van der Waals surface area contributed by atoms with E-state index in [1.165, 1.54) is 12.0 Å². The lowest BCUT2D eigenvalue weighted by Gasteiger charge is -2.34. The highest BCUT2D eigenvalue weighted by Crippen LogP contribution is 2.52. The van der Waals surface area contributed by atoms with Gasteiger partial charge in [-0.1, -0.05) is 29.8 Å². The van der Waals surface area contributed by atoms with Crippen LogP contribution in [0.1, 0.15) is 34.2 Å². The fourth-order valence-corrected chi connectivity index (χ4v) is 4.90. The third-order valence-electron chi connectivity index (χ3n) is 6.23. The Bertz CT molecular complexity index is 1310. The van der Waals surface area contributed by atoms with E-state index in [2.05, 4.69) is 0 Å². The molecule has 7 nitrogen and oxygen atoms in total. The number of methoxy groups -OCH3 is 1. The summed E-state index contributed by atoms with van der Waals surface area (Å²) in [6.07, 6.45) is 0. The number of carbonyl (C=O) groups excluding carboxylic acids is 2. The van der Waals surface area contributed by atoms with Crippen LogP contribution in [-0.2, 0) is 15.1 Å². The Morgan fingerprint density at radius 1 is 1.10 bits per heavy atom. The van der Waals surface area contributed by atoms with Gasteiger partial charge in [0.15, 0.2) is 11.0 Å². The first kappa shape index (κ1) is 19.5. The second kappa shape index (κ2) is 6.78. The van der Waals surface area contributed by atoms with Crippen LogP contribution in [0.15, 0.2) is 51.7 Å². The van der Waals surface area contributed by atoms with Crippen LogP contribution in [0.3, 0.4) is 0 Å². The Balaban J connectivity index is 1.92. The number of carbonyl (C=O) groups is 2. The second-order valence-electron chi connectivity index (χ2n) is 7.86. The zero-order valence-electron chi connectivity index (χ0n) is 17.6. The van der Waals surface area contributed by atoms with Crippen LogP contribution in [-0.4, -0.2) is 43.5 Å². The minimum Gasteiger partial charge on any atom is -0.450 e. The van der Waals surface area contributed by atoms with Crippen LogP contribution in [0.5, 0.6) is 0 Å². The molecule has 1 atom stereocenters. The molecule has 2 aromatic carbocycles. The Kier molecular flexibility index (Phi) is 4.27. The molecule has 2 aliphatic heterocycles. The highest BCUT2D eigenvalue weighted by atomic mass is 16.5. The second-order valence-corrected chi connectivity index (χ2v) is 7.86. The zero-order chi connectivity index (χ0) is 21.9. The molecular weight excluding hydrogens is 396 g/mol. The summed E-state index contributed by atoms with van der Waals surface area (Å²) in [5.41, 5.74) is 0.719. The van der Waals surface area contributed by atoms with Crippen LogP contribution in [0.2, 0.25) is 0 Å². The number of para-hydroxylation sites is 1. The minimum absolute atomic E-state index is 0.0708. The molecule has 0 N–H and O–H groups in total. The van der Waals surface area contributed by atoms with Gasteiger partial charge in [-0.15, -0.1) is 0 Å². The third-order valence-corrected chi connectivity index (χ3v) is 6.23. The fraction of sp³-hybridized carbons (Fsp3) is 0.292. The molecule has 0 saturated heterocycles. The van der Waals surface area contributed by atoms with Gasteiger partial charge in [0.1, 0.15) is 5.58 Å². The number of ether oxygens (including phenoxy) is 1. The predicted octanol–water partition coefficient (Wildman–Crippen LogP) is 2.81. The molecule has 0 fully saturated rings. The number of fused-ring (bicyclic) bond motifs is 5. The largest absolute Gasteiger partial charge is 0.450 e. The van der Waals surface area contributed by atoms with E-state index >= 15 is 0 Å². The molecule has 1 unspecified atom stereocenters. The number of aryl methyl sites for hydroxylation is 1. The summed E-state index contributed by atoms with van der Waals surface area (Å²) in [5.74, 6) is -0.870. The lowest BCUT2D eigenvalue weighted by Crippen LogP contribution is -2.54. The van der Waals surface area contributed by atoms with Gasteiger partial charge in [-0.2, -0.15) is 0 Å². The number of hydrogen-bond donors (Lipinski definition) is 0. The zero-order valence-corrected chi connectivity index (χ0v) is 17.6. The molecule has 1 aromatic heterocycles. The number of nitrogens with zero attached hydrogens (tertiary/aromatic N) is 2. The van der Waals surface area contributed by atoms with Gasteiger partial charge in [-0.3, -0.25) is 14.4 Å². The first-order valence-corrected chi connectivity index (χ1v) is 10.3. The van der Waals surface area contributed by atoms with E-state index in [0.29, 0.717) is 28.8 Å². The van der Waals surface area contributed by atoms with Crippen molar-refractivity contribution in [3.8, 4) is 0 Å². The van der Waals surface area contributed by atoms with Crippen LogP contribution in [0.25, 0.3) is 11.0 Å². The summed E-state index contributed by atoms with van der Waals surface area (Å²) in [5, 5.41) is 0.361. The Labute approximate surface area is 178 Å². The van der Waals surface area contributed by atoms with Crippen molar-refractivity contribution in [2.45, 2.75) is 19.4 Å². The smallest absolute Gasteiger partial charge is 0.291 e. The molecule has 0 aliphatic carbocycles. The Hall–Kier alpha value is -3.45. The molecule has 2 aliphatic rings. The number of rotatable bonds is 4. The molecule has 3 aromatic rings. The maximum absolute atomic E-state index is 14.0. The molecule has 2 amide bonds. The van der Waals surface area contributed by atoms with Crippen molar-refractivity contribution in [3.05, 3.63) is 75.1 Å². The van der Waals surface area contributed by atoms with Gasteiger partial charge < -0.3 is 19.0 Å². The van der Waals surface area contributed by atoms with Crippen molar-refractivity contribution in [3.63, 3.8) is 0 Å². The lowest BCUT2D eigenvalue weighted by atomic mass is 9.84. The molecule has 158 valence electrons. The van der Waals surface area contributed by atoms with E-state index in [0.717, 1.165) is 5.56 Å². The van der Waals surface area contributed by atoms with Crippen molar-refractivity contribution in [1.82, 2.24) is 4.90 Å². The number of benzene rings is 2. The molecule has 1 spiro atoms. The van der Waals surface area contributed by atoms with Gasteiger partial charge >= 0.3 is 0 Å². The third kappa shape index (κ3) is 2.35. The van der Waals surface area contributed by atoms with Crippen LogP contribution >= 0.6 is 0 Å². The average molecular weight is 418 g/mol. The van der Waals surface area contributed by atoms with Crippen LogP contribution in [0.4, 0.5) is 5.69 Å². The highest BCUT2D eigenvalue weighted by molar-refractivity contribution is 6.17. The summed E-state index contributed by atoms with van der Waals surface area (Å²) in [4.78, 5) is 44.4. The number of amides is 2. The maximum Gasteiger partial charge on any atom is 0.291 e. The van der Waals surface area contributed by atoms with E-state index in [1.807, 2.05) is 44.2 Å². The first-order valence-electron chi connectivity index (χ1n) is 10.3. The van der Waals surface area contributed by atoms with Crippen molar-refractivity contribution in [1.29, 1.82) is 0 Å². The molecule has 0 saturated carbocycles. The van der Waals surface area contributed by atoms with Crippen molar-refractivity contribution < 1.29 is 18.7 Å². The molecular formula is C24H22N2O5. The molecule has 7 heteroatoms. The van der Waals surface area contributed by atoms with Gasteiger partial charge in [0.05, 0.1) is 23.2 Å². The topological polar surface area (TPSA) is 80.1 Å². The molecule has 3 heterocycles. The first-order chi connectivity index (χ1) is 15.0. The van der Waals surface area contributed by atoms with Crippen molar-refractivity contribution >= 4 is 28.5 Å². The van der Waals surface area contributed by atoms with E-state index in [-0.39, 0.29) is 35.8 Å². The summed E-state index contributed by atoms with van der Waals surface area (Å²) in [6.45, 7) is 4.53. The van der Waals surface area contributed by atoms with E-state index in [4.69, 9.17) is 9.15 Å². The van der Waals surface area contributed by atoms with Crippen molar-refractivity contribution in [2.24, 2.45) is 0 Å². The van der Waals surface area contributed by atoms with Gasteiger partial charge in [0, 0.05) is 25.8 Å². The monoisotopic (exact) mass is 418 g/mol. The average Bonchev–Trinajstić information content (AvgIpc) is 3.17. The number of anilines is 1. The Morgan fingerprint density at radius 2 is 1.87 bits per heavy atom. The lowest BCUT2D eigenvalue weighted by molar-refractivity contribution is -0.126. The Morgan fingerprint density at radius 3 is 2.61 bits per heavy atom. The number of likely N-dealkylation sites (N-methyl/N-ethyl adjacent to an activating group) is 1. The van der Waals surface area contributed by atoms with E-state index < -0.39 is 11.4 Å². The molecule has 5 rings (SSSR count). The maximum atomic E-state index is 14.0. The van der Waals surface area contributed by atoms with Gasteiger partial charge in [0.2, 0.25) is 5.76 Å². The normalized spacial score (nSPS) is 19.6. The highest BCUT2D eigenvalue weighted by Gasteiger charge is 2.64. The summed E-state index contributed by atoms with van der Waals surface area (Å²) in [7, 11) is 1.53. The van der Waals surface area contributed by atoms with Gasteiger partial charge in [-0.05, 0) is 32.0 Å². The van der Waals surface area contributed by atoms with Crippen LogP contribution < -0.4 is 10.3 Å².